The van der Waals surface area contributed by atoms with Crippen LogP contribution in [-0.2, 0) is 11.2 Å². The number of hydrogen-bond acceptors (Lipinski definition) is 3. The van der Waals surface area contributed by atoms with Gasteiger partial charge >= 0.3 is 0 Å². The molecular weight excluding hydrogens is 216 g/mol. The average molecular weight is 234 g/mol. The number of rotatable bonds is 4. The summed E-state index contributed by atoms with van der Waals surface area (Å²) in [5, 5.41) is 10.6. The minimum absolute atomic E-state index is 0.171. The van der Waals surface area contributed by atoms with E-state index >= 15 is 0 Å². The summed E-state index contributed by atoms with van der Waals surface area (Å²) in [6.07, 6.45) is 6.13. The van der Waals surface area contributed by atoms with E-state index in [-0.39, 0.29) is 12.4 Å². The van der Waals surface area contributed by atoms with E-state index in [0.29, 0.717) is 12.8 Å². The summed E-state index contributed by atoms with van der Waals surface area (Å²) in [6.45, 7) is 3.74. The van der Waals surface area contributed by atoms with Crippen molar-refractivity contribution in [1.29, 1.82) is 0 Å². The molecule has 1 heterocycles. The number of aryl methyl sites for hydroxylation is 1. The van der Waals surface area contributed by atoms with E-state index in [9.17, 15) is 4.79 Å². The topological polar surface area (TPSA) is 66.0 Å². The van der Waals surface area contributed by atoms with E-state index in [1.807, 2.05) is 19.1 Å². The minimum Gasteiger partial charge on any atom is -0.396 e. The summed E-state index contributed by atoms with van der Waals surface area (Å²) in [5.41, 5.74) is -0.409. The third-order valence-electron chi connectivity index (χ3n) is 3.37. The summed E-state index contributed by atoms with van der Waals surface area (Å²) < 4.78 is 0. The standard InChI is InChI=1S/C13H18N2O2/c1-9(17)13(2)6-5-10-11(8-13)15-12(14-10)4-3-7-16/h5,8,16H,3-4,6-7H2,1-2H3,(H,14,15). The average Bonchev–Trinajstić information content (AvgIpc) is 2.67. The highest BCUT2D eigenvalue weighted by Crippen LogP contribution is 2.26. The Balaban J connectivity index is 2.36. The first kappa shape index (κ1) is 12.0. The number of Topliss-reactive ketones (excluding diaryl/α,β-unsaturated/α-hetero) is 1. The quantitative estimate of drug-likeness (QED) is 0.764. The van der Waals surface area contributed by atoms with Gasteiger partial charge in [-0.3, -0.25) is 4.79 Å². The summed E-state index contributed by atoms with van der Waals surface area (Å²) >= 11 is 0. The van der Waals surface area contributed by atoms with Crippen LogP contribution in [0.2, 0.25) is 0 Å². The number of aliphatic hydroxyl groups excluding tert-OH is 1. The van der Waals surface area contributed by atoms with Gasteiger partial charge in [0, 0.05) is 18.4 Å². The molecule has 0 saturated carbocycles. The lowest BCUT2D eigenvalue weighted by Gasteiger charge is -2.21. The second-order valence-corrected chi connectivity index (χ2v) is 4.84. The van der Waals surface area contributed by atoms with Crippen molar-refractivity contribution >= 4 is 17.9 Å². The molecule has 0 amide bonds. The molecule has 1 aromatic heterocycles. The first-order chi connectivity index (χ1) is 8.05. The number of fused-ring (bicyclic) bond motifs is 1. The zero-order valence-corrected chi connectivity index (χ0v) is 10.3. The van der Waals surface area contributed by atoms with Crippen LogP contribution in [-0.4, -0.2) is 27.5 Å². The third-order valence-corrected chi connectivity index (χ3v) is 3.37. The van der Waals surface area contributed by atoms with Gasteiger partial charge in [-0.05, 0) is 32.8 Å². The Morgan fingerprint density at radius 1 is 1.65 bits per heavy atom. The van der Waals surface area contributed by atoms with Gasteiger partial charge in [-0.25, -0.2) is 4.98 Å². The number of ketones is 1. The maximum Gasteiger partial charge on any atom is 0.139 e. The van der Waals surface area contributed by atoms with Gasteiger partial charge in [0.25, 0.3) is 0 Å². The highest BCUT2D eigenvalue weighted by Gasteiger charge is 2.28. The Labute approximate surface area is 100 Å². The maximum absolute atomic E-state index is 11.6. The molecule has 0 saturated heterocycles. The second kappa shape index (κ2) is 4.45. The second-order valence-electron chi connectivity index (χ2n) is 4.84. The van der Waals surface area contributed by atoms with Crippen molar-refractivity contribution in [3.63, 3.8) is 0 Å². The third kappa shape index (κ3) is 2.31. The highest BCUT2D eigenvalue weighted by atomic mass is 16.2. The number of aromatic amines is 1. The number of imidazole rings is 1. The van der Waals surface area contributed by atoms with Crippen LogP contribution in [0.5, 0.6) is 0 Å². The zero-order valence-electron chi connectivity index (χ0n) is 10.3. The van der Waals surface area contributed by atoms with Gasteiger partial charge in [-0.2, -0.15) is 0 Å². The summed E-state index contributed by atoms with van der Waals surface area (Å²) in [5.74, 6) is 1.05. The predicted octanol–water partition coefficient (Wildman–Crippen LogP) is -0.105. The lowest BCUT2D eigenvalue weighted by molar-refractivity contribution is -0.122. The SMILES string of the molecule is CC(=O)C1(C)C=c2[nH]c(CCCO)nc2=CC1. The lowest BCUT2D eigenvalue weighted by atomic mass is 9.81. The first-order valence-electron chi connectivity index (χ1n) is 5.95. The zero-order chi connectivity index (χ0) is 12.5. The van der Waals surface area contributed by atoms with Gasteiger partial charge in [0.15, 0.2) is 0 Å². The van der Waals surface area contributed by atoms with E-state index in [4.69, 9.17) is 5.11 Å². The predicted molar refractivity (Wildman–Crippen MR) is 65.6 cm³/mol. The van der Waals surface area contributed by atoms with E-state index in [1.54, 1.807) is 6.92 Å². The van der Waals surface area contributed by atoms with Crippen molar-refractivity contribution in [1.82, 2.24) is 9.97 Å². The number of aliphatic hydroxyl groups is 1. The van der Waals surface area contributed by atoms with Crippen molar-refractivity contribution in [3.05, 3.63) is 16.5 Å². The maximum atomic E-state index is 11.6. The fourth-order valence-electron chi connectivity index (χ4n) is 2.02. The van der Waals surface area contributed by atoms with Crippen molar-refractivity contribution in [2.75, 3.05) is 6.61 Å². The van der Waals surface area contributed by atoms with Crippen molar-refractivity contribution in [3.8, 4) is 0 Å². The Bertz CT molecular complexity index is 544. The molecule has 1 unspecified atom stereocenters. The van der Waals surface area contributed by atoms with E-state index in [2.05, 4.69) is 9.97 Å². The molecule has 0 aromatic carbocycles. The lowest BCUT2D eigenvalue weighted by Crippen LogP contribution is -2.36. The molecule has 0 spiro atoms. The largest absolute Gasteiger partial charge is 0.396 e. The summed E-state index contributed by atoms with van der Waals surface area (Å²) in [6, 6.07) is 0. The molecule has 1 aromatic rings. The Morgan fingerprint density at radius 2 is 2.41 bits per heavy atom. The van der Waals surface area contributed by atoms with Crippen molar-refractivity contribution in [2.24, 2.45) is 5.41 Å². The summed E-state index contributed by atoms with van der Waals surface area (Å²) in [4.78, 5) is 19.3. The van der Waals surface area contributed by atoms with Gasteiger partial charge < -0.3 is 10.1 Å². The van der Waals surface area contributed by atoms with Gasteiger partial charge in [0.1, 0.15) is 11.6 Å². The molecule has 17 heavy (non-hydrogen) atoms. The molecular formula is C13H18N2O2. The van der Waals surface area contributed by atoms with Crippen LogP contribution >= 0.6 is 0 Å². The molecule has 4 heteroatoms. The van der Waals surface area contributed by atoms with Crippen LogP contribution in [0.15, 0.2) is 0 Å². The monoisotopic (exact) mass is 234 g/mol. The number of carbonyl (C=O) groups is 1. The number of nitrogens with zero attached hydrogens (tertiary/aromatic N) is 1. The van der Waals surface area contributed by atoms with Crippen LogP contribution in [0.25, 0.3) is 12.2 Å². The molecule has 1 aliphatic carbocycles. The molecule has 0 fully saturated rings. The molecule has 1 aliphatic rings. The van der Waals surface area contributed by atoms with Crippen LogP contribution in [0.4, 0.5) is 0 Å². The highest BCUT2D eigenvalue weighted by molar-refractivity contribution is 5.89. The van der Waals surface area contributed by atoms with Crippen LogP contribution < -0.4 is 10.7 Å². The number of nitrogens with one attached hydrogen (secondary N) is 1. The van der Waals surface area contributed by atoms with Crippen molar-refractivity contribution in [2.45, 2.75) is 33.1 Å². The fraction of sp³-hybridized carbons (Fsp3) is 0.538. The molecule has 1 atom stereocenters. The van der Waals surface area contributed by atoms with Crippen molar-refractivity contribution < 1.29 is 9.90 Å². The molecule has 0 aliphatic heterocycles. The molecule has 2 N–H and O–H groups in total. The molecule has 2 rings (SSSR count). The smallest absolute Gasteiger partial charge is 0.139 e. The van der Waals surface area contributed by atoms with E-state index < -0.39 is 5.41 Å². The molecule has 4 nitrogen and oxygen atoms in total. The summed E-state index contributed by atoms with van der Waals surface area (Å²) in [7, 11) is 0. The number of H-pyrrole nitrogens is 1. The Kier molecular flexibility index (Phi) is 3.15. The fourth-order valence-corrected chi connectivity index (χ4v) is 2.02. The number of hydrogen-bond donors (Lipinski definition) is 2. The van der Waals surface area contributed by atoms with E-state index in [1.165, 1.54) is 0 Å². The Hall–Kier alpha value is -1.42. The molecule has 0 bridgehead atoms. The van der Waals surface area contributed by atoms with Gasteiger partial charge in [-0.15, -0.1) is 0 Å². The van der Waals surface area contributed by atoms with Gasteiger partial charge in [0.05, 0.1) is 10.7 Å². The van der Waals surface area contributed by atoms with Crippen LogP contribution in [0.1, 0.15) is 32.5 Å². The molecule has 92 valence electrons. The van der Waals surface area contributed by atoms with Crippen LogP contribution in [0, 0.1) is 5.41 Å². The number of carbonyl (C=O) groups excluding carboxylic acids is 1. The van der Waals surface area contributed by atoms with Gasteiger partial charge in [-0.1, -0.05) is 6.08 Å². The first-order valence-corrected chi connectivity index (χ1v) is 5.95. The minimum atomic E-state index is -0.409. The van der Waals surface area contributed by atoms with Gasteiger partial charge in [0.2, 0.25) is 0 Å². The van der Waals surface area contributed by atoms with E-state index in [0.717, 1.165) is 22.9 Å². The Morgan fingerprint density at radius 3 is 3.06 bits per heavy atom. The van der Waals surface area contributed by atoms with Crippen LogP contribution in [0.3, 0.4) is 0 Å². The molecule has 0 radical (unpaired) electrons. The normalized spacial score (nSPS) is 22.5. The number of aromatic nitrogens is 2.